The number of hydrogen-bond acceptors (Lipinski definition) is 4. The number of rotatable bonds is 5. The minimum absolute atomic E-state index is 0.0574. The number of thiophene rings is 1. The fourth-order valence-electron chi connectivity index (χ4n) is 3.43. The highest BCUT2D eigenvalue weighted by Gasteiger charge is 2.22. The molecule has 6 heteroatoms. The topological polar surface area (TPSA) is 58.6 Å². The van der Waals surface area contributed by atoms with Crippen molar-refractivity contribution >= 4 is 28.8 Å². The molecular weight excluding hydrogens is 348 g/mol. The molecular formula is C20H22N2O3S. The summed E-state index contributed by atoms with van der Waals surface area (Å²) in [6.45, 7) is 2.07. The van der Waals surface area contributed by atoms with Gasteiger partial charge in [0.1, 0.15) is 0 Å². The van der Waals surface area contributed by atoms with Crippen LogP contribution in [0.3, 0.4) is 0 Å². The number of ether oxygens (including phenoxy) is 1. The van der Waals surface area contributed by atoms with Crippen LogP contribution in [-0.4, -0.2) is 25.0 Å². The minimum Gasteiger partial charge on any atom is -0.373 e. The Balaban J connectivity index is 1.33. The van der Waals surface area contributed by atoms with Crippen molar-refractivity contribution in [3.63, 3.8) is 0 Å². The van der Waals surface area contributed by atoms with Crippen LogP contribution in [0.2, 0.25) is 0 Å². The molecule has 2 saturated heterocycles. The molecule has 2 fully saturated rings. The van der Waals surface area contributed by atoms with E-state index < -0.39 is 0 Å². The first-order valence-electron chi connectivity index (χ1n) is 9.09. The maximum atomic E-state index is 12.4. The van der Waals surface area contributed by atoms with Crippen LogP contribution in [-0.2, 0) is 16.1 Å². The number of benzene rings is 1. The summed E-state index contributed by atoms with van der Waals surface area (Å²) < 4.78 is 5.67. The molecule has 1 aromatic carbocycles. The molecule has 0 spiro atoms. The van der Waals surface area contributed by atoms with E-state index in [-0.39, 0.29) is 17.9 Å². The summed E-state index contributed by atoms with van der Waals surface area (Å²) in [6.07, 6.45) is 3.83. The van der Waals surface area contributed by atoms with Crippen molar-refractivity contribution in [2.75, 3.05) is 18.1 Å². The molecule has 2 aliphatic rings. The first-order valence-corrected chi connectivity index (χ1v) is 9.91. The summed E-state index contributed by atoms with van der Waals surface area (Å²) in [6, 6.07) is 11.7. The zero-order valence-electron chi connectivity index (χ0n) is 14.6. The van der Waals surface area contributed by atoms with Gasteiger partial charge in [-0.2, -0.15) is 0 Å². The van der Waals surface area contributed by atoms with Crippen molar-refractivity contribution in [1.82, 2.24) is 5.32 Å². The second kappa shape index (κ2) is 7.60. The van der Waals surface area contributed by atoms with Crippen LogP contribution < -0.4 is 10.2 Å². The van der Waals surface area contributed by atoms with E-state index in [0.717, 1.165) is 53.4 Å². The van der Waals surface area contributed by atoms with Gasteiger partial charge in [-0.25, -0.2) is 0 Å². The fraction of sp³-hybridized carbons (Fsp3) is 0.400. The van der Waals surface area contributed by atoms with Crippen molar-refractivity contribution in [2.45, 2.75) is 38.3 Å². The first-order chi connectivity index (χ1) is 12.7. The van der Waals surface area contributed by atoms with Gasteiger partial charge in [-0.1, -0.05) is 12.1 Å². The Labute approximate surface area is 157 Å². The summed E-state index contributed by atoms with van der Waals surface area (Å²) in [5, 5.41) is 2.97. The van der Waals surface area contributed by atoms with E-state index in [0.29, 0.717) is 13.0 Å². The maximum absolute atomic E-state index is 12.4. The lowest BCUT2D eigenvalue weighted by Crippen LogP contribution is -2.24. The maximum Gasteiger partial charge on any atom is 0.261 e. The van der Waals surface area contributed by atoms with Crippen LogP contribution in [0.5, 0.6) is 0 Å². The number of anilines is 1. The number of hydrogen-bond donors (Lipinski definition) is 1. The van der Waals surface area contributed by atoms with Crippen molar-refractivity contribution in [1.29, 1.82) is 0 Å². The second-order valence-electron chi connectivity index (χ2n) is 6.70. The van der Waals surface area contributed by atoms with Crippen molar-refractivity contribution in [3.05, 3.63) is 51.7 Å². The molecule has 0 aliphatic carbocycles. The van der Waals surface area contributed by atoms with Crippen LogP contribution >= 0.6 is 11.3 Å². The van der Waals surface area contributed by atoms with Crippen LogP contribution in [0.25, 0.3) is 0 Å². The van der Waals surface area contributed by atoms with Gasteiger partial charge in [0.2, 0.25) is 5.91 Å². The minimum atomic E-state index is -0.0574. The molecule has 0 radical (unpaired) electrons. The summed E-state index contributed by atoms with van der Waals surface area (Å²) in [4.78, 5) is 27.8. The Morgan fingerprint density at radius 1 is 1.19 bits per heavy atom. The molecule has 0 saturated carbocycles. The summed E-state index contributed by atoms with van der Waals surface area (Å²) in [7, 11) is 0. The number of amides is 2. The Hall–Kier alpha value is -2.18. The van der Waals surface area contributed by atoms with Gasteiger partial charge >= 0.3 is 0 Å². The third-order valence-electron chi connectivity index (χ3n) is 4.87. The summed E-state index contributed by atoms with van der Waals surface area (Å²) in [5.41, 5.74) is 1.95. The monoisotopic (exact) mass is 370 g/mol. The molecule has 2 aromatic rings. The van der Waals surface area contributed by atoms with Crippen LogP contribution in [0, 0.1) is 0 Å². The van der Waals surface area contributed by atoms with Gasteiger partial charge in [-0.3, -0.25) is 9.59 Å². The Morgan fingerprint density at radius 2 is 2.04 bits per heavy atom. The standard InChI is InChI=1S/C20H22N2O3S/c23-19-4-1-11-22(19)15-7-5-14(6-8-15)13-21-20(24)18-10-9-17(26-18)16-3-2-12-25-16/h5-10,16H,1-4,11-13H2,(H,21,24). The molecule has 3 heterocycles. The normalized spacial score (nSPS) is 19.9. The fourth-order valence-corrected chi connectivity index (χ4v) is 4.44. The predicted molar refractivity (Wildman–Crippen MR) is 101 cm³/mol. The van der Waals surface area contributed by atoms with E-state index in [1.807, 2.05) is 41.3 Å². The lowest BCUT2D eigenvalue weighted by Gasteiger charge is -2.16. The molecule has 2 aliphatic heterocycles. The summed E-state index contributed by atoms with van der Waals surface area (Å²) >= 11 is 1.51. The highest BCUT2D eigenvalue weighted by molar-refractivity contribution is 7.14. The number of nitrogens with one attached hydrogen (secondary N) is 1. The van der Waals surface area contributed by atoms with Gasteiger partial charge in [-0.05, 0) is 49.1 Å². The molecule has 4 rings (SSSR count). The van der Waals surface area contributed by atoms with Gasteiger partial charge in [0.25, 0.3) is 5.91 Å². The first kappa shape index (κ1) is 17.2. The molecule has 0 bridgehead atoms. The molecule has 1 atom stereocenters. The van der Waals surface area contributed by atoms with E-state index >= 15 is 0 Å². The second-order valence-corrected chi connectivity index (χ2v) is 7.82. The van der Waals surface area contributed by atoms with E-state index in [1.165, 1.54) is 11.3 Å². The van der Waals surface area contributed by atoms with E-state index in [1.54, 1.807) is 0 Å². The van der Waals surface area contributed by atoms with Crippen molar-refractivity contribution < 1.29 is 14.3 Å². The summed E-state index contributed by atoms with van der Waals surface area (Å²) in [5.74, 6) is 0.129. The van der Waals surface area contributed by atoms with Crippen LogP contribution in [0.4, 0.5) is 5.69 Å². The number of carbonyl (C=O) groups excluding carboxylic acids is 2. The third-order valence-corrected chi connectivity index (χ3v) is 6.05. The molecule has 5 nitrogen and oxygen atoms in total. The van der Waals surface area contributed by atoms with Crippen molar-refractivity contribution in [2.24, 2.45) is 0 Å². The largest absolute Gasteiger partial charge is 0.373 e. The Kier molecular flexibility index (Phi) is 5.04. The molecule has 1 aromatic heterocycles. The van der Waals surface area contributed by atoms with Crippen LogP contribution in [0.1, 0.15) is 51.9 Å². The SMILES string of the molecule is O=C(NCc1ccc(N2CCCC2=O)cc1)c1ccc(C2CCCO2)s1. The number of nitrogens with zero attached hydrogens (tertiary/aromatic N) is 1. The Bertz CT molecular complexity index is 794. The zero-order chi connectivity index (χ0) is 17.9. The van der Waals surface area contributed by atoms with Gasteiger partial charge in [0.15, 0.2) is 0 Å². The smallest absolute Gasteiger partial charge is 0.261 e. The molecule has 136 valence electrons. The molecule has 1 N–H and O–H groups in total. The third kappa shape index (κ3) is 3.66. The zero-order valence-corrected chi connectivity index (χ0v) is 15.4. The van der Waals surface area contributed by atoms with Crippen LogP contribution in [0.15, 0.2) is 36.4 Å². The average Bonchev–Trinajstić information content (AvgIpc) is 3.40. The molecule has 26 heavy (non-hydrogen) atoms. The quantitative estimate of drug-likeness (QED) is 0.874. The lowest BCUT2D eigenvalue weighted by atomic mass is 10.2. The number of carbonyl (C=O) groups is 2. The Morgan fingerprint density at radius 3 is 2.73 bits per heavy atom. The van der Waals surface area contributed by atoms with E-state index in [9.17, 15) is 9.59 Å². The highest BCUT2D eigenvalue weighted by Crippen LogP contribution is 2.33. The molecule has 2 amide bonds. The molecule has 1 unspecified atom stereocenters. The van der Waals surface area contributed by atoms with Gasteiger partial charge in [0, 0.05) is 36.7 Å². The highest BCUT2D eigenvalue weighted by atomic mass is 32.1. The predicted octanol–water partition coefficient (Wildman–Crippen LogP) is 3.66. The van der Waals surface area contributed by atoms with Crippen molar-refractivity contribution in [3.8, 4) is 0 Å². The van der Waals surface area contributed by atoms with Gasteiger partial charge in [-0.15, -0.1) is 11.3 Å². The lowest BCUT2D eigenvalue weighted by molar-refractivity contribution is -0.117. The van der Waals surface area contributed by atoms with E-state index in [2.05, 4.69) is 5.32 Å². The van der Waals surface area contributed by atoms with Gasteiger partial charge in [0.05, 0.1) is 11.0 Å². The average molecular weight is 370 g/mol. The van der Waals surface area contributed by atoms with Gasteiger partial charge < -0.3 is 15.0 Å². The van der Waals surface area contributed by atoms with E-state index in [4.69, 9.17) is 4.74 Å².